The lowest BCUT2D eigenvalue weighted by molar-refractivity contribution is -0.171. The Morgan fingerprint density at radius 1 is 1.18 bits per heavy atom. The maximum Gasteiger partial charge on any atom is 0.195 e. The van der Waals surface area contributed by atoms with Crippen LogP contribution in [-0.4, -0.2) is 19.8 Å². The van der Waals surface area contributed by atoms with Crippen molar-refractivity contribution < 1.29 is 9.47 Å². The Morgan fingerprint density at radius 2 is 1.88 bits per heavy atom. The summed E-state index contributed by atoms with van der Waals surface area (Å²) < 4.78 is 11.7. The summed E-state index contributed by atoms with van der Waals surface area (Å²) in [5.74, 6) is -0.558. The number of hydrogen-bond acceptors (Lipinski definition) is 3. The topological polar surface area (TPSA) is 44.5 Å². The van der Waals surface area contributed by atoms with E-state index in [1.54, 1.807) is 0 Å². The van der Waals surface area contributed by atoms with Gasteiger partial charge in [-0.2, -0.15) is 0 Å². The van der Waals surface area contributed by atoms with Crippen molar-refractivity contribution in [1.82, 2.24) is 0 Å². The highest BCUT2D eigenvalue weighted by Crippen LogP contribution is 2.36. The van der Waals surface area contributed by atoms with Crippen LogP contribution in [-0.2, 0) is 15.3 Å². The van der Waals surface area contributed by atoms with Gasteiger partial charge in [0, 0.05) is 12.0 Å². The molecule has 94 valence electrons. The second-order valence-corrected chi connectivity index (χ2v) is 4.64. The number of ether oxygens (including phenoxy) is 2. The Morgan fingerprint density at radius 3 is 2.47 bits per heavy atom. The molecule has 2 rings (SSSR count). The molecule has 0 spiro atoms. The Bertz CT molecular complexity index is 384. The predicted molar refractivity (Wildman–Crippen MR) is 67.8 cm³/mol. The molecule has 0 radical (unpaired) electrons. The van der Waals surface area contributed by atoms with E-state index in [2.05, 4.69) is 32.0 Å². The Kier molecular flexibility index (Phi) is 3.82. The van der Waals surface area contributed by atoms with Crippen molar-refractivity contribution in [3.05, 3.63) is 34.9 Å². The molecular formula is C14H21NO2. The molecule has 1 saturated heterocycles. The average molecular weight is 235 g/mol. The molecule has 1 fully saturated rings. The maximum absolute atomic E-state index is 5.85. The lowest BCUT2D eigenvalue weighted by Gasteiger charge is -2.28. The molecule has 3 heteroatoms. The van der Waals surface area contributed by atoms with Crippen LogP contribution in [0, 0.1) is 13.8 Å². The van der Waals surface area contributed by atoms with Crippen LogP contribution in [0.1, 0.15) is 29.5 Å². The number of aryl methyl sites for hydroxylation is 2. The molecular weight excluding hydrogens is 214 g/mol. The van der Waals surface area contributed by atoms with Gasteiger partial charge in [0.05, 0.1) is 13.2 Å². The van der Waals surface area contributed by atoms with E-state index < -0.39 is 5.79 Å². The molecule has 0 amide bonds. The fourth-order valence-corrected chi connectivity index (χ4v) is 2.22. The summed E-state index contributed by atoms with van der Waals surface area (Å²) >= 11 is 0. The SMILES string of the molecule is Cc1ccc(C2(CCCN)OCCO2)cc1C. The summed E-state index contributed by atoms with van der Waals surface area (Å²) in [5, 5.41) is 0. The molecule has 1 aromatic carbocycles. The molecule has 1 aliphatic heterocycles. The monoisotopic (exact) mass is 235 g/mol. The molecule has 0 bridgehead atoms. The number of benzene rings is 1. The van der Waals surface area contributed by atoms with Crippen molar-refractivity contribution in [2.24, 2.45) is 5.73 Å². The zero-order chi connectivity index (χ0) is 12.3. The maximum atomic E-state index is 5.85. The molecule has 0 aromatic heterocycles. The van der Waals surface area contributed by atoms with E-state index in [4.69, 9.17) is 15.2 Å². The summed E-state index contributed by atoms with van der Waals surface area (Å²) in [6.07, 6.45) is 1.74. The second kappa shape index (κ2) is 5.17. The molecule has 0 atom stereocenters. The standard InChI is InChI=1S/C14H21NO2/c1-11-4-5-13(10-12(11)2)14(6-3-7-15)16-8-9-17-14/h4-5,10H,3,6-9,15H2,1-2H3. The van der Waals surface area contributed by atoms with Crippen LogP contribution in [0.2, 0.25) is 0 Å². The smallest absolute Gasteiger partial charge is 0.195 e. The van der Waals surface area contributed by atoms with Crippen LogP contribution < -0.4 is 5.73 Å². The van der Waals surface area contributed by atoms with Crippen molar-refractivity contribution in [2.45, 2.75) is 32.5 Å². The third-order valence-corrected chi connectivity index (χ3v) is 3.41. The summed E-state index contributed by atoms with van der Waals surface area (Å²) in [4.78, 5) is 0. The number of nitrogens with two attached hydrogens (primary N) is 1. The van der Waals surface area contributed by atoms with E-state index in [0.29, 0.717) is 19.8 Å². The molecule has 0 saturated carbocycles. The normalized spacial score (nSPS) is 18.5. The van der Waals surface area contributed by atoms with Crippen LogP contribution in [0.25, 0.3) is 0 Å². The van der Waals surface area contributed by atoms with E-state index in [9.17, 15) is 0 Å². The molecule has 1 aliphatic rings. The van der Waals surface area contributed by atoms with Crippen LogP contribution >= 0.6 is 0 Å². The zero-order valence-corrected chi connectivity index (χ0v) is 10.7. The molecule has 2 N–H and O–H groups in total. The molecule has 1 aromatic rings. The van der Waals surface area contributed by atoms with Gasteiger partial charge in [-0.25, -0.2) is 0 Å². The van der Waals surface area contributed by atoms with Gasteiger partial charge in [-0.15, -0.1) is 0 Å². The van der Waals surface area contributed by atoms with Crippen LogP contribution in [0.5, 0.6) is 0 Å². The molecule has 3 nitrogen and oxygen atoms in total. The van der Waals surface area contributed by atoms with Crippen molar-refractivity contribution in [2.75, 3.05) is 19.8 Å². The van der Waals surface area contributed by atoms with Gasteiger partial charge in [0.15, 0.2) is 5.79 Å². The lowest BCUT2D eigenvalue weighted by atomic mass is 9.97. The van der Waals surface area contributed by atoms with Gasteiger partial charge in [-0.1, -0.05) is 18.2 Å². The highest BCUT2D eigenvalue weighted by Gasteiger charge is 2.37. The predicted octanol–water partition coefficient (Wildman–Crippen LogP) is 2.24. The van der Waals surface area contributed by atoms with E-state index in [0.717, 1.165) is 18.4 Å². The highest BCUT2D eigenvalue weighted by atomic mass is 16.7. The Labute approximate surface area is 103 Å². The summed E-state index contributed by atoms with van der Waals surface area (Å²) in [5.41, 5.74) is 9.27. The fraction of sp³-hybridized carbons (Fsp3) is 0.571. The van der Waals surface area contributed by atoms with Gasteiger partial charge in [-0.3, -0.25) is 0 Å². The average Bonchev–Trinajstić information content (AvgIpc) is 2.80. The van der Waals surface area contributed by atoms with Crippen LogP contribution in [0.3, 0.4) is 0 Å². The minimum atomic E-state index is -0.558. The van der Waals surface area contributed by atoms with Gasteiger partial charge < -0.3 is 15.2 Å². The Hall–Kier alpha value is -0.900. The molecule has 0 unspecified atom stereocenters. The third kappa shape index (κ3) is 2.51. The first-order chi connectivity index (χ1) is 8.18. The molecule has 0 aliphatic carbocycles. The van der Waals surface area contributed by atoms with E-state index >= 15 is 0 Å². The van der Waals surface area contributed by atoms with Crippen molar-refractivity contribution in [3.8, 4) is 0 Å². The van der Waals surface area contributed by atoms with Gasteiger partial charge in [0.1, 0.15) is 0 Å². The minimum Gasteiger partial charge on any atom is -0.343 e. The lowest BCUT2D eigenvalue weighted by Crippen LogP contribution is -2.28. The first-order valence-electron chi connectivity index (χ1n) is 6.24. The van der Waals surface area contributed by atoms with E-state index in [1.165, 1.54) is 11.1 Å². The van der Waals surface area contributed by atoms with Crippen molar-refractivity contribution in [3.63, 3.8) is 0 Å². The van der Waals surface area contributed by atoms with Gasteiger partial charge >= 0.3 is 0 Å². The minimum absolute atomic E-state index is 0.558. The summed E-state index contributed by atoms with van der Waals surface area (Å²) in [6.45, 7) is 6.22. The number of hydrogen-bond donors (Lipinski definition) is 1. The van der Waals surface area contributed by atoms with Gasteiger partial charge in [-0.05, 0) is 37.9 Å². The van der Waals surface area contributed by atoms with Crippen LogP contribution in [0.4, 0.5) is 0 Å². The Balaban J connectivity index is 2.28. The van der Waals surface area contributed by atoms with Gasteiger partial charge in [0.2, 0.25) is 0 Å². The molecule has 17 heavy (non-hydrogen) atoms. The van der Waals surface area contributed by atoms with Crippen LogP contribution in [0.15, 0.2) is 18.2 Å². The van der Waals surface area contributed by atoms with Gasteiger partial charge in [0.25, 0.3) is 0 Å². The van der Waals surface area contributed by atoms with Crippen molar-refractivity contribution >= 4 is 0 Å². The van der Waals surface area contributed by atoms with E-state index in [-0.39, 0.29) is 0 Å². The zero-order valence-electron chi connectivity index (χ0n) is 10.7. The quantitative estimate of drug-likeness (QED) is 0.870. The first-order valence-corrected chi connectivity index (χ1v) is 6.24. The fourth-order valence-electron chi connectivity index (χ4n) is 2.22. The van der Waals surface area contributed by atoms with Crippen molar-refractivity contribution in [1.29, 1.82) is 0 Å². The highest BCUT2D eigenvalue weighted by molar-refractivity contribution is 5.32. The number of rotatable bonds is 4. The summed E-state index contributed by atoms with van der Waals surface area (Å²) in [6, 6.07) is 6.39. The third-order valence-electron chi connectivity index (χ3n) is 3.41. The van der Waals surface area contributed by atoms with E-state index in [1.807, 2.05) is 0 Å². The molecule has 1 heterocycles. The largest absolute Gasteiger partial charge is 0.343 e. The second-order valence-electron chi connectivity index (χ2n) is 4.64. The first kappa shape index (κ1) is 12.6. The summed E-state index contributed by atoms with van der Waals surface area (Å²) in [7, 11) is 0.